The standard InChI is InChI=1S/C24H22N4O2S/c1-17-9-5-7-13-20(17)28(24-27-19-12-6-8-14-21(19)31-24)22(29)15-16-25-23(30)26-18-10-3-2-4-11-18/h2-14H,15-16H2,1H3,(H2,25,26,30). The Hall–Kier alpha value is -3.71. The zero-order valence-electron chi connectivity index (χ0n) is 17.0. The Morgan fingerprint density at radius 2 is 1.65 bits per heavy atom. The van der Waals surface area contributed by atoms with Crippen LogP contribution in [0.4, 0.5) is 21.3 Å². The van der Waals surface area contributed by atoms with Crippen LogP contribution in [0.15, 0.2) is 78.9 Å². The van der Waals surface area contributed by atoms with Crippen molar-refractivity contribution in [1.82, 2.24) is 10.3 Å². The summed E-state index contributed by atoms with van der Waals surface area (Å²) in [5, 5.41) is 6.12. The van der Waals surface area contributed by atoms with Crippen molar-refractivity contribution in [2.24, 2.45) is 0 Å². The number of urea groups is 1. The highest BCUT2D eigenvalue weighted by atomic mass is 32.1. The summed E-state index contributed by atoms with van der Waals surface area (Å²) in [4.78, 5) is 31.7. The predicted octanol–water partition coefficient (Wildman–Crippen LogP) is 5.48. The third-order valence-electron chi connectivity index (χ3n) is 4.74. The molecule has 0 aliphatic rings. The fraction of sp³-hybridized carbons (Fsp3) is 0.125. The van der Waals surface area contributed by atoms with Gasteiger partial charge in [-0.05, 0) is 42.8 Å². The maximum absolute atomic E-state index is 13.2. The predicted molar refractivity (Wildman–Crippen MR) is 126 cm³/mol. The van der Waals surface area contributed by atoms with Gasteiger partial charge in [0.1, 0.15) is 0 Å². The smallest absolute Gasteiger partial charge is 0.319 e. The number of aromatic nitrogens is 1. The number of nitrogens with one attached hydrogen (secondary N) is 2. The number of aryl methyl sites for hydroxylation is 1. The maximum Gasteiger partial charge on any atom is 0.319 e. The monoisotopic (exact) mass is 430 g/mol. The lowest BCUT2D eigenvalue weighted by Gasteiger charge is -2.22. The topological polar surface area (TPSA) is 74.3 Å². The number of benzene rings is 3. The molecule has 156 valence electrons. The summed E-state index contributed by atoms with van der Waals surface area (Å²) in [6.45, 7) is 2.18. The lowest BCUT2D eigenvalue weighted by atomic mass is 10.2. The average molecular weight is 431 g/mol. The number of fused-ring (bicyclic) bond motifs is 1. The Morgan fingerprint density at radius 1 is 0.935 bits per heavy atom. The number of carbonyl (C=O) groups excluding carboxylic acids is 2. The summed E-state index contributed by atoms with van der Waals surface area (Å²) in [5.74, 6) is -0.131. The van der Waals surface area contributed by atoms with Crippen LogP contribution < -0.4 is 15.5 Å². The average Bonchev–Trinajstić information content (AvgIpc) is 3.19. The Balaban J connectivity index is 1.49. The number of para-hydroxylation sites is 3. The highest BCUT2D eigenvalue weighted by molar-refractivity contribution is 7.22. The van der Waals surface area contributed by atoms with Gasteiger partial charge >= 0.3 is 6.03 Å². The lowest BCUT2D eigenvalue weighted by Crippen LogP contribution is -2.34. The van der Waals surface area contributed by atoms with Crippen LogP contribution in [0.1, 0.15) is 12.0 Å². The molecule has 4 aromatic rings. The van der Waals surface area contributed by atoms with Crippen molar-refractivity contribution < 1.29 is 9.59 Å². The normalized spacial score (nSPS) is 10.6. The van der Waals surface area contributed by atoms with Gasteiger partial charge in [0.05, 0.1) is 15.9 Å². The van der Waals surface area contributed by atoms with Crippen molar-refractivity contribution in [2.45, 2.75) is 13.3 Å². The van der Waals surface area contributed by atoms with Gasteiger partial charge in [0.15, 0.2) is 5.13 Å². The molecule has 0 atom stereocenters. The molecule has 31 heavy (non-hydrogen) atoms. The minimum atomic E-state index is -0.346. The summed E-state index contributed by atoms with van der Waals surface area (Å²) in [6.07, 6.45) is 0.145. The molecule has 0 bridgehead atoms. The first-order valence-electron chi connectivity index (χ1n) is 9.96. The van der Waals surface area contributed by atoms with E-state index in [1.165, 1.54) is 11.3 Å². The summed E-state index contributed by atoms with van der Waals surface area (Å²) in [7, 11) is 0. The molecule has 6 nitrogen and oxygen atoms in total. The highest BCUT2D eigenvalue weighted by Gasteiger charge is 2.23. The van der Waals surface area contributed by atoms with Gasteiger partial charge < -0.3 is 10.6 Å². The molecule has 0 saturated carbocycles. The van der Waals surface area contributed by atoms with Gasteiger partial charge in [-0.3, -0.25) is 9.69 Å². The first-order chi connectivity index (χ1) is 15.1. The van der Waals surface area contributed by atoms with E-state index in [2.05, 4.69) is 15.6 Å². The molecule has 1 aromatic heterocycles. The van der Waals surface area contributed by atoms with Crippen molar-refractivity contribution in [1.29, 1.82) is 0 Å². The summed E-state index contributed by atoms with van der Waals surface area (Å²) >= 11 is 1.47. The SMILES string of the molecule is Cc1ccccc1N(C(=O)CCNC(=O)Nc1ccccc1)c1nc2ccccc2s1. The molecule has 0 unspecified atom stereocenters. The van der Waals surface area contributed by atoms with E-state index in [1.54, 1.807) is 17.0 Å². The first-order valence-corrected chi connectivity index (χ1v) is 10.8. The molecule has 0 aliphatic carbocycles. The van der Waals surface area contributed by atoms with Gasteiger partial charge in [0.25, 0.3) is 0 Å². The Morgan fingerprint density at radius 3 is 2.42 bits per heavy atom. The van der Waals surface area contributed by atoms with Crippen LogP contribution >= 0.6 is 11.3 Å². The lowest BCUT2D eigenvalue weighted by molar-refractivity contribution is -0.117. The van der Waals surface area contributed by atoms with Gasteiger partial charge in [0, 0.05) is 18.7 Å². The van der Waals surface area contributed by atoms with E-state index in [0.29, 0.717) is 10.8 Å². The Bertz CT molecular complexity index is 1170. The van der Waals surface area contributed by atoms with E-state index in [4.69, 9.17) is 0 Å². The number of amides is 3. The van der Waals surface area contributed by atoms with Crippen LogP contribution in [0.25, 0.3) is 10.2 Å². The number of thiazole rings is 1. The largest absolute Gasteiger partial charge is 0.337 e. The zero-order valence-corrected chi connectivity index (χ0v) is 17.9. The second-order valence-electron chi connectivity index (χ2n) is 6.98. The van der Waals surface area contributed by atoms with E-state index in [0.717, 1.165) is 21.5 Å². The summed E-state index contributed by atoms with van der Waals surface area (Å²) in [6, 6.07) is 24.4. The van der Waals surface area contributed by atoms with E-state index < -0.39 is 0 Å². The Kier molecular flexibility index (Phi) is 6.24. The van der Waals surface area contributed by atoms with Crippen LogP contribution in [0, 0.1) is 6.92 Å². The molecule has 0 saturated heterocycles. The van der Waals surface area contributed by atoms with Crippen molar-refractivity contribution in [2.75, 3.05) is 16.8 Å². The minimum absolute atomic E-state index is 0.131. The third-order valence-corrected chi connectivity index (χ3v) is 5.76. The molecule has 3 aromatic carbocycles. The summed E-state index contributed by atoms with van der Waals surface area (Å²) in [5.41, 5.74) is 3.32. The number of anilines is 3. The molecule has 2 N–H and O–H groups in total. The van der Waals surface area contributed by atoms with E-state index >= 15 is 0 Å². The third kappa shape index (κ3) is 4.90. The zero-order chi connectivity index (χ0) is 21.6. The van der Waals surface area contributed by atoms with Crippen LogP contribution in [-0.2, 0) is 4.79 Å². The van der Waals surface area contributed by atoms with Gasteiger partial charge in [-0.2, -0.15) is 0 Å². The van der Waals surface area contributed by atoms with Crippen LogP contribution in [0.2, 0.25) is 0 Å². The Labute approximate surface area is 184 Å². The fourth-order valence-electron chi connectivity index (χ4n) is 3.21. The van der Waals surface area contributed by atoms with Gasteiger partial charge in [-0.1, -0.05) is 59.9 Å². The molecule has 0 spiro atoms. The van der Waals surface area contributed by atoms with Crippen molar-refractivity contribution in [3.8, 4) is 0 Å². The van der Waals surface area contributed by atoms with E-state index in [9.17, 15) is 9.59 Å². The van der Waals surface area contributed by atoms with E-state index in [1.807, 2.05) is 73.7 Å². The fourth-order valence-corrected chi connectivity index (χ4v) is 4.20. The number of carbonyl (C=O) groups is 2. The maximum atomic E-state index is 13.2. The second-order valence-corrected chi connectivity index (χ2v) is 7.99. The van der Waals surface area contributed by atoms with Gasteiger partial charge in [0.2, 0.25) is 5.91 Å². The first kappa shape index (κ1) is 20.6. The van der Waals surface area contributed by atoms with Crippen molar-refractivity contribution in [3.63, 3.8) is 0 Å². The number of nitrogens with zero attached hydrogens (tertiary/aromatic N) is 2. The molecule has 1 heterocycles. The van der Waals surface area contributed by atoms with E-state index in [-0.39, 0.29) is 24.9 Å². The minimum Gasteiger partial charge on any atom is -0.337 e. The number of hydrogen-bond donors (Lipinski definition) is 2. The molecule has 0 aliphatic heterocycles. The van der Waals surface area contributed by atoms with Gasteiger partial charge in [-0.15, -0.1) is 0 Å². The van der Waals surface area contributed by atoms with Crippen LogP contribution in [0.3, 0.4) is 0 Å². The molecule has 3 amide bonds. The molecular weight excluding hydrogens is 408 g/mol. The molecular formula is C24H22N4O2S. The van der Waals surface area contributed by atoms with Crippen LogP contribution in [-0.4, -0.2) is 23.5 Å². The molecule has 7 heteroatoms. The highest BCUT2D eigenvalue weighted by Crippen LogP contribution is 2.35. The summed E-state index contributed by atoms with van der Waals surface area (Å²) < 4.78 is 1.02. The molecule has 4 rings (SSSR count). The van der Waals surface area contributed by atoms with Crippen LogP contribution in [0.5, 0.6) is 0 Å². The van der Waals surface area contributed by atoms with Gasteiger partial charge in [-0.25, -0.2) is 9.78 Å². The number of rotatable bonds is 6. The number of hydrogen-bond acceptors (Lipinski definition) is 4. The van der Waals surface area contributed by atoms with Crippen molar-refractivity contribution >= 4 is 50.0 Å². The molecule has 0 radical (unpaired) electrons. The van der Waals surface area contributed by atoms with Crippen molar-refractivity contribution in [3.05, 3.63) is 84.4 Å². The molecule has 0 fully saturated rings. The quantitative estimate of drug-likeness (QED) is 0.425. The second kappa shape index (κ2) is 9.40.